The van der Waals surface area contributed by atoms with Crippen molar-refractivity contribution in [3.8, 4) is 0 Å². The number of nitrogens with zero attached hydrogens (tertiary/aromatic N) is 2. The maximum absolute atomic E-state index is 12.8. The second-order valence-corrected chi connectivity index (χ2v) is 5.43. The lowest BCUT2D eigenvalue weighted by molar-refractivity contribution is -0.140. The minimum Gasteiger partial charge on any atom is -0.368 e. The van der Waals surface area contributed by atoms with Gasteiger partial charge in [-0.2, -0.15) is 13.2 Å². The topological polar surface area (TPSA) is 29.3 Å². The lowest BCUT2D eigenvalue weighted by atomic mass is 9.96. The van der Waals surface area contributed by atoms with Crippen LogP contribution in [0.25, 0.3) is 5.65 Å². The maximum Gasteiger partial charge on any atom is 0.434 e. The van der Waals surface area contributed by atoms with E-state index in [4.69, 9.17) is 0 Å². The molecule has 1 aliphatic rings. The Morgan fingerprint density at radius 1 is 1.33 bits per heavy atom. The molecule has 21 heavy (non-hydrogen) atoms. The summed E-state index contributed by atoms with van der Waals surface area (Å²) < 4.78 is 39.7. The number of hydrogen-bond acceptors (Lipinski definition) is 2. The van der Waals surface area contributed by atoms with Gasteiger partial charge < -0.3 is 5.32 Å². The number of rotatable bonds is 2. The van der Waals surface area contributed by atoms with Gasteiger partial charge in [-0.25, -0.2) is 4.98 Å². The lowest BCUT2D eigenvalue weighted by Gasteiger charge is -2.23. The van der Waals surface area contributed by atoms with Crippen LogP contribution in [0.1, 0.15) is 31.9 Å². The Labute approximate surface area is 120 Å². The van der Waals surface area contributed by atoms with E-state index in [1.165, 1.54) is 9.97 Å². The molecule has 112 valence electrons. The molecule has 1 unspecified atom stereocenters. The van der Waals surface area contributed by atoms with Crippen LogP contribution in [0.4, 0.5) is 19.0 Å². The van der Waals surface area contributed by atoms with Crippen LogP contribution in [0.2, 0.25) is 0 Å². The third-order valence-electron chi connectivity index (χ3n) is 3.77. The van der Waals surface area contributed by atoms with E-state index in [2.05, 4.69) is 23.3 Å². The molecule has 0 aliphatic heterocycles. The molecule has 3 rings (SSSR count). The number of aromatic nitrogens is 2. The van der Waals surface area contributed by atoms with E-state index in [-0.39, 0.29) is 6.04 Å². The monoisotopic (exact) mass is 295 g/mol. The third-order valence-corrected chi connectivity index (χ3v) is 3.77. The van der Waals surface area contributed by atoms with E-state index in [1.54, 1.807) is 18.2 Å². The smallest absolute Gasteiger partial charge is 0.368 e. The van der Waals surface area contributed by atoms with Gasteiger partial charge in [-0.1, -0.05) is 17.7 Å². The molecule has 2 aromatic rings. The molecular weight excluding hydrogens is 279 g/mol. The first-order valence-electron chi connectivity index (χ1n) is 6.91. The number of hydrogen-bond donors (Lipinski definition) is 1. The van der Waals surface area contributed by atoms with Gasteiger partial charge in [0.1, 0.15) is 11.5 Å². The van der Waals surface area contributed by atoms with Gasteiger partial charge in [0.15, 0.2) is 5.69 Å². The Balaban J connectivity index is 1.90. The van der Waals surface area contributed by atoms with Gasteiger partial charge in [0.2, 0.25) is 0 Å². The predicted octanol–water partition coefficient (Wildman–Crippen LogP) is 4.26. The van der Waals surface area contributed by atoms with Crippen molar-refractivity contribution in [2.45, 2.75) is 38.4 Å². The molecule has 6 heteroatoms. The summed E-state index contributed by atoms with van der Waals surface area (Å²) in [6.45, 7) is 2.10. The molecule has 0 saturated carbocycles. The van der Waals surface area contributed by atoms with E-state index < -0.39 is 11.9 Å². The van der Waals surface area contributed by atoms with Gasteiger partial charge in [-0.05, 0) is 38.3 Å². The van der Waals surface area contributed by atoms with E-state index in [9.17, 15) is 13.2 Å². The van der Waals surface area contributed by atoms with Crippen LogP contribution >= 0.6 is 0 Å². The fourth-order valence-electron chi connectivity index (χ4n) is 2.57. The van der Waals surface area contributed by atoms with Crippen LogP contribution in [0.15, 0.2) is 36.0 Å². The number of alkyl halides is 3. The Kier molecular flexibility index (Phi) is 3.39. The number of imidazole rings is 1. The largest absolute Gasteiger partial charge is 0.434 e. The standard InChI is InChI=1S/C15H16F3N3/c1-10-5-7-11(8-6-10)19-13-3-2-4-14-20-12(9-21(13)14)15(16,17)18/h2-5,9,11,19H,6-8H2,1H3. The van der Waals surface area contributed by atoms with Crippen LogP contribution < -0.4 is 5.32 Å². The number of pyridine rings is 1. The molecule has 0 fully saturated rings. The minimum atomic E-state index is -4.42. The molecule has 1 atom stereocenters. The quantitative estimate of drug-likeness (QED) is 0.839. The molecular formula is C15H16F3N3. The molecule has 3 nitrogen and oxygen atoms in total. The Hall–Kier alpha value is -1.98. The molecule has 0 bridgehead atoms. The van der Waals surface area contributed by atoms with Crippen molar-refractivity contribution in [3.05, 3.63) is 41.7 Å². The normalized spacial score (nSPS) is 19.6. The first kappa shape index (κ1) is 14.0. The average molecular weight is 295 g/mol. The molecule has 0 spiro atoms. The van der Waals surface area contributed by atoms with Gasteiger partial charge >= 0.3 is 6.18 Å². The molecule has 0 radical (unpaired) electrons. The molecule has 0 saturated heterocycles. The van der Waals surface area contributed by atoms with Crippen LogP contribution in [0.3, 0.4) is 0 Å². The molecule has 1 aliphatic carbocycles. The summed E-state index contributed by atoms with van der Waals surface area (Å²) in [6.07, 6.45) is 1.69. The lowest BCUT2D eigenvalue weighted by Crippen LogP contribution is -2.22. The predicted molar refractivity (Wildman–Crippen MR) is 75.2 cm³/mol. The molecule has 0 amide bonds. The van der Waals surface area contributed by atoms with Crippen molar-refractivity contribution < 1.29 is 13.2 Å². The maximum atomic E-state index is 12.8. The van der Waals surface area contributed by atoms with Gasteiger partial charge in [-0.3, -0.25) is 4.40 Å². The van der Waals surface area contributed by atoms with Crippen molar-refractivity contribution in [1.29, 1.82) is 0 Å². The number of nitrogens with one attached hydrogen (secondary N) is 1. The van der Waals surface area contributed by atoms with Gasteiger partial charge in [-0.15, -0.1) is 0 Å². The minimum absolute atomic E-state index is 0.246. The Morgan fingerprint density at radius 2 is 2.14 bits per heavy atom. The average Bonchev–Trinajstić information content (AvgIpc) is 2.86. The van der Waals surface area contributed by atoms with E-state index in [0.29, 0.717) is 11.5 Å². The SMILES string of the molecule is CC1=CCC(Nc2cccc3nc(C(F)(F)F)cn23)CC1. The van der Waals surface area contributed by atoms with Crippen LogP contribution in [-0.4, -0.2) is 15.4 Å². The van der Waals surface area contributed by atoms with Crippen molar-refractivity contribution in [1.82, 2.24) is 9.38 Å². The Morgan fingerprint density at radius 3 is 2.81 bits per heavy atom. The van der Waals surface area contributed by atoms with E-state index in [1.807, 2.05) is 0 Å². The summed E-state index contributed by atoms with van der Waals surface area (Å²) in [5.41, 5.74) is 0.805. The molecule has 1 N–H and O–H groups in total. The first-order valence-corrected chi connectivity index (χ1v) is 6.91. The summed E-state index contributed by atoms with van der Waals surface area (Å²) in [6, 6.07) is 5.32. The molecule has 2 heterocycles. The highest BCUT2D eigenvalue weighted by molar-refractivity contribution is 5.51. The molecule has 2 aromatic heterocycles. The van der Waals surface area contributed by atoms with Crippen LogP contribution in [0, 0.1) is 0 Å². The highest BCUT2D eigenvalue weighted by Crippen LogP contribution is 2.30. The summed E-state index contributed by atoms with van der Waals surface area (Å²) >= 11 is 0. The van der Waals surface area contributed by atoms with Gasteiger partial charge in [0, 0.05) is 12.2 Å². The van der Waals surface area contributed by atoms with Crippen LogP contribution in [-0.2, 0) is 6.18 Å². The second-order valence-electron chi connectivity index (χ2n) is 5.43. The number of allylic oxidation sites excluding steroid dienone is 1. The fourth-order valence-corrected chi connectivity index (χ4v) is 2.57. The summed E-state index contributed by atoms with van der Waals surface area (Å²) in [4.78, 5) is 3.64. The summed E-state index contributed by atoms with van der Waals surface area (Å²) in [5.74, 6) is 0.647. The fraction of sp³-hybridized carbons (Fsp3) is 0.400. The summed E-state index contributed by atoms with van der Waals surface area (Å²) in [5, 5.41) is 3.32. The zero-order chi connectivity index (χ0) is 15.0. The highest BCUT2D eigenvalue weighted by Gasteiger charge is 2.34. The van der Waals surface area contributed by atoms with Crippen molar-refractivity contribution in [2.24, 2.45) is 0 Å². The van der Waals surface area contributed by atoms with Gasteiger partial charge in [0.25, 0.3) is 0 Å². The van der Waals surface area contributed by atoms with E-state index >= 15 is 0 Å². The second kappa shape index (κ2) is 5.09. The first-order chi connectivity index (χ1) is 9.93. The Bertz CT molecular complexity index is 685. The third kappa shape index (κ3) is 2.89. The van der Waals surface area contributed by atoms with Crippen molar-refractivity contribution >= 4 is 11.5 Å². The number of fused-ring (bicyclic) bond motifs is 1. The van der Waals surface area contributed by atoms with Crippen molar-refractivity contribution in [3.63, 3.8) is 0 Å². The highest BCUT2D eigenvalue weighted by atomic mass is 19.4. The zero-order valence-electron chi connectivity index (χ0n) is 11.6. The number of anilines is 1. The molecule has 0 aromatic carbocycles. The van der Waals surface area contributed by atoms with Gasteiger partial charge in [0.05, 0.1) is 0 Å². The summed E-state index contributed by atoms with van der Waals surface area (Å²) in [7, 11) is 0. The van der Waals surface area contributed by atoms with Crippen molar-refractivity contribution in [2.75, 3.05) is 5.32 Å². The zero-order valence-corrected chi connectivity index (χ0v) is 11.6. The van der Waals surface area contributed by atoms with Crippen LogP contribution in [0.5, 0.6) is 0 Å². The van der Waals surface area contributed by atoms with E-state index in [0.717, 1.165) is 25.5 Å². The number of halogens is 3.